The summed E-state index contributed by atoms with van der Waals surface area (Å²) in [6, 6.07) is 0.228. The highest BCUT2D eigenvalue weighted by Gasteiger charge is 2.23. The van der Waals surface area contributed by atoms with Crippen molar-refractivity contribution in [1.82, 2.24) is 10.3 Å². The van der Waals surface area contributed by atoms with Gasteiger partial charge in [-0.1, -0.05) is 6.92 Å². The predicted molar refractivity (Wildman–Crippen MR) is 58.0 cm³/mol. The maximum atomic E-state index is 11.1. The third-order valence-corrected chi connectivity index (χ3v) is 2.89. The smallest absolute Gasteiger partial charge is 0.235 e. The Balaban J connectivity index is 2.37. The summed E-state index contributed by atoms with van der Waals surface area (Å²) in [7, 11) is 0. The van der Waals surface area contributed by atoms with E-state index in [1.54, 1.807) is 0 Å². The van der Waals surface area contributed by atoms with Crippen LogP contribution in [0.2, 0.25) is 0 Å². The Labute approximate surface area is 90.9 Å². The van der Waals surface area contributed by atoms with E-state index in [2.05, 4.69) is 17.2 Å². The normalized spacial score (nSPS) is 24.9. The summed E-state index contributed by atoms with van der Waals surface area (Å²) in [6.07, 6.45) is 1.78. The number of rotatable bonds is 4. The summed E-state index contributed by atoms with van der Waals surface area (Å²) in [6.45, 7) is 6.73. The van der Waals surface area contributed by atoms with Crippen LogP contribution in [0.4, 0.5) is 0 Å². The number of ether oxygens (including phenoxy) is 1. The minimum Gasteiger partial charge on any atom is -0.376 e. The first-order chi connectivity index (χ1) is 7.17. The van der Waals surface area contributed by atoms with E-state index < -0.39 is 0 Å². The number of nitrogens with two attached hydrogens (primary N) is 1. The van der Waals surface area contributed by atoms with Gasteiger partial charge in [0.25, 0.3) is 0 Å². The summed E-state index contributed by atoms with van der Waals surface area (Å²) in [5.41, 5.74) is 2.16. The second kappa shape index (κ2) is 6.05. The lowest BCUT2D eigenvalue weighted by atomic mass is 10.1. The Hall–Kier alpha value is -0.650. The highest BCUT2D eigenvalue weighted by molar-refractivity contribution is 5.75. The third kappa shape index (κ3) is 3.77. The van der Waals surface area contributed by atoms with Crippen LogP contribution in [0, 0.1) is 0 Å². The molecule has 0 aromatic rings. The van der Waals surface area contributed by atoms with E-state index in [0.717, 1.165) is 26.1 Å². The highest BCUT2D eigenvalue weighted by atomic mass is 16.5. The number of hydrogen-bond acceptors (Lipinski definition) is 4. The number of nitrogens with one attached hydrogen (secondary N) is 1. The molecule has 0 saturated carbocycles. The lowest BCUT2D eigenvalue weighted by Gasteiger charge is -2.36. The average Bonchev–Trinajstić information content (AvgIpc) is 2.28. The predicted octanol–water partition coefficient (Wildman–Crippen LogP) is -0.134. The van der Waals surface area contributed by atoms with Crippen LogP contribution in [0.25, 0.3) is 0 Å². The fourth-order valence-corrected chi connectivity index (χ4v) is 1.85. The van der Waals surface area contributed by atoms with Gasteiger partial charge in [0.05, 0.1) is 12.7 Å². The van der Waals surface area contributed by atoms with Gasteiger partial charge in [-0.05, 0) is 13.3 Å². The fourth-order valence-electron chi connectivity index (χ4n) is 1.85. The van der Waals surface area contributed by atoms with E-state index in [-0.39, 0.29) is 11.9 Å². The van der Waals surface area contributed by atoms with E-state index in [9.17, 15) is 4.79 Å². The molecule has 0 radical (unpaired) electrons. The van der Waals surface area contributed by atoms with Crippen molar-refractivity contribution in [2.45, 2.75) is 38.8 Å². The van der Waals surface area contributed by atoms with Crippen molar-refractivity contribution in [2.75, 3.05) is 19.7 Å². The molecule has 3 N–H and O–H groups in total. The molecule has 0 bridgehead atoms. The van der Waals surface area contributed by atoms with Crippen LogP contribution in [0.3, 0.4) is 0 Å². The van der Waals surface area contributed by atoms with E-state index in [0.29, 0.717) is 12.5 Å². The Morgan fingerprint density at radius 3 is 3.07 bits per heavy atom. The number of hydrogen-bond donors (Lipinski definition) is 2. The van der Waals surface area contributed by atoms with Crippen molar-refractivity contribution in [3.63, 3.8) is 0 Å². The zero-order valence-electron chi connectivity index (χ0n) is 9.53. The molecule has 2 unspecified atom stereocenters. The molecule has 15 heavy (non-hydrogen) atoms. The van der Waals surface area contributed by atoms with Crippen molar-refractivity contribution in [2.24, 2.45) is 5.84 Å². The second-order valence-electron chi connectivity index (χ2n) is 4.02. The van der Waals surface area contributed by atoms with Gasteiger partial charge in [-0.15, -0.1) is 0 Å². The number of hydrazine groups is 1. The summed E-state index contributed by atoms with van der Waals surface area (Å²) in [5, 5.41) is 0. The minimum absolute atomic E-state index is 0.109. The molecule has 1 rings (SSSR count). The number of nitrogens with zero attached hydrogens (tertiary/aromatic N) is 1. The molecule has 1 amide bonds. The lowest BCUT2D eigenvalue weighted by Crippen LogP contribution is -2.48. The van der Waals surface area contributed by atoms with Gasteiger partial charge < -0.3 is 4.74 Å². The van der Waals surface area contributed by atoms with Crippen molar-refractivity contribution in [1.29, 1.82) is 0 Å². The van der Waals surface area contributed by atoms with Gasteiger partial charge in [-0.2, -0.15) is 0 Å². The first kappa shape index (κ1) is 12.4. The Morgan fingerprint density at radius 1 is 1.73 bits per heavy atom. The van der Waals surface area contributed by atoms with Gasteiger partial charge in [0.2, 0.25) is 5.91 Å². The van der Waals surface area contributed by atoms with Gasteiger partial charge in [0.15, 0.2) is 0 Å². The Kier molecular flexibility index (Phi) is 5.01. The molecule has 0 aliphatic carbocycles. The molecule has 1 aliphatic heterocycles. The summed E-state index contributed by atoms with van der Waals surface area (Å²) in [5.74, 6) is 4.95. The quantitative estimate of drug-likeness (QED) is 0.389. The fraction of sp³-hybridized carbons (Fsp3) is 0.900. The summed E-state index contributed by atoms with van der Waals surface area (Å²) >= 11 is 0. The van der Waals surface area contributed by atoms with E-state index in [1.165, 1.54) is 0 Å². The molecule has 1 aliphatic rings. The van der Waals surface area contributed by atoms with Crippen LogP contribution in [0.15, 0.2) is 0 Å². The molecule has 5 heteroatoms. The van der Waals surface area contributed by atoms with Crippen LogP contribution in [-0.2, 0) is 9.53 Å². The first-order valence-electron chi connectivity index (χ1n) is 5.52. The number of carbonyl (C=O) groups is 1. The minimum atomic E-state index is -0.109. The van der Waals surface area contributed by atoms with Crippen molar-refractivity contribution >= 4 is 5.91 Å². The standard InChI is InChI=1S/C10H21N3O2/c1-3-9-7-13(4-5-15-9)8(2)6-10(14)12-11/h8-9H,3-7,11H2,1-2H3,(H,12,14). The molecule has 2 atom stereocenters. The third-order valence-electron chi connectivity index (χ3n) is 2.89. The largest absolute Gasteiger partial charge is 0.376 e. The molecule has 1 fully saturated rings. The molecule has 0 aromatic carbocycles. The van der Waals surface area contributed by atoms with Gasteiger partial charge >= 0.3 is 0 Å². The van der Waals surface area contributed by atoms with Gasteiger partial charge in [-0.25, -0.2) is 5.84 Å². The zero-order chi connectivity index (χ0) is 11.3. The van der Waals surface area contributed by atoms with Crippen molar-refractivity contribution in [3.8, 4) is 0 Å². The van der Waals surface area contributed by atoms with Crippen LogP contribution >= 0.6 is 0 Å². The van der Waals surface area contributed by atoms with E-state index in [4.69, 9.17) is 10.6 Å². The van der Waals surface area contributed by atoms with Crippen LogP contribution < -0.4 is 11.3 Å². The second-order valence-corrected chi connectivity index (χ2v) is 4.02. The molecule has 0 aromatic heterocycles. The maximum absolute atomic E-state index is 11.1. The summed E-state index contributed by atoms with van der Waals surface area (Å²) < 4.78 is 5.57. The monoisotopic (exact) mass is 215 g/mol. The number of morpholine rings is 1. The first-order valence-corrected chi connectivity index (χ1v) is 5.52. The SMILES string of the molecule is CCC1CN(C(C)CC(=O)NN)CCO1. The topological polar surface area (TPSA) is 67.6 Å². The number of amides is 1. The van der Waals surface area contributed by atoms with Crippen molar-refractivity contribution in [3.05, 3.63) is 0 Å². The van der Waals surface area contributed by atoms with Crippen molar-refractivity contribution < 1.29 is 9.53 Å². The zero-order valence-corrected chi connectivity index (χ0v) is 9.53. The average molecular weight is 215 g/mol. The molecule has 1 saturated heterocycles. The van der Waals surface area contributed by atoms with Crippen LogP contribution in [0.1, 0.15) is 26.7 Å². The molecule has 5 nitrogen and oxygen atoms in total. The van der Waals surface area contributed by atoms with Gasteiger partial charge in [-0.3, -0.25) is 15.1 Å². The Morgan fingerprint density at radius 2 is 2.47 bits per heavy atom. The van der Waals surface area contributed by atoms with Gasteiger partial charge in [0.1, 0.15) is 0 Å². The highest BCUT2D eigenvalue weighted by Crippen LogP contribution is 2.12. The molecule has 88 valence electrons. The number of carbonyl (C=O) groups excluding carboxylic acids is 1. The molecule has 1 heterocycles. The lowest BCUT2D eigenvalue weighted by molar-refractivity contribution is -0.123. The summed E-state index contributed by atoms with van der Waals surface area (Å²) in [4.78, 5) is 13.4. The Bertz CT molecular complexity index is 211. The van der Waals surface area contributed by atoms with Crippen LogP contribution in [0.5, 0.6) is 0 Å². The maximum Gasteiger partial charge on any atom is 0.235 e. The van der Waals surface area contributed by atoms with Gasteiger partial charge in [0, 0.05) is 25.6 Å². The van der Waals surface area contributed by atoms with Crippen LogP contribution in [-0.4, -0.2) is 42.6 Å². The van der Waals surface area contributed by atoms with E-state index >= 15 is 0 Å². The molecule has 0 spiro atoms. The molecular formula is C10H21N3O2. The van der Waals surface area contributed by atoms with E-state index in [1.807, 2.05) is 6.92 Å². The molecular weight excluding hydrogens is 194 g/mol.